The maximum Gasteiger partial charge on any atom is 0.161 e. The quantitative estimate of drug-likeness (QED) is 0.274. The van der Waals surface area contributed by atoms with Crippen molar-refractivity contribution in [2.24, 2.45) is 33.9 Å². The van der Waals surface area contributed by atoms with Crippen molar-refractivity contribution in [3.63, 3.8) is 0 Å². The summed E-state index contributed by atoms with van der Waals surface area (Å²) in [7, 11) is 6.89. The lowest BCUT2D eigenvalue weighted by Crippen LogP contribution is -2.47. The van der Waals surface area contributed by atoms with E-state index in [0.717, 1.165) is 87.7 Å². The molecular formula is C38H54N4O4. The third-order valence-electron chi connectivity index (χ3n) is 10.7. The molecule has 0 aliphatic carbocycles. The zero-order valence-electron chi connectivity index (χ0n) is 29.3. The van der Waals surface area contributed by atoms with Crippen molar-refractivity contribution >= 4 is 11.4 Å². The van der Waals surface area contributed by atoms with Gasteiger partial charge in [0.15, 0.2) is 23.0 Å². The Kier molecular flexibility index (Phi) is 9.95. The molecule has 2 aromatic carbocycles. The number of fused-ring (bicyclic) bond motifs is 6. The first-order chi connectivity index (χ1) is 22.2. The average Bonchev–Trinajstić information content (AvgIpc) is 3.05. The minimum Gasteiger partial charge on any atom is -0.493 e. The van der Waals surface area contributed by atoms with E-state index in [0.29, 0.717) is 23.7 Å². The Morgan fingerprint density at radius 2 is 0.978 bits per heavy atom. The van der Waals surface area contributed by atoms with E-state index in [9.17, 15) is 0 Å². The molecule has 4 unspecified atom stereocenters. The Morgan fingerprint density at radius 1 is 0.609 bits per heavy atom. The molecule has 250 valence electrons. The van der Waals surface area contributed by atoms with Gasteiger partial charge >= 0.3 is 0 Å². The highest BCUT2D eigenvalue weighted by Crippen LogP contribution is 2.45. The molecule has 0 N–H and O–H groups in total. The van der Waals surface area contributed by atoms with Gasteiger partial charge in [0.1, 0.15) is 0 Å². The Hall–Kier alpha value is -3.10. The third-order valence-corrected chi connectivity index (χ3v) is 10.7. The van der Waals surface area contributed by atoms with E-state index in [1.54, 1.807) is 28.4 Å². The third kappa shape index (κ3) is 6.52. The largest absolute Gasteiger partial charge is 0.493 e. The van der Waals surface area contributed by atoms with Crippen LogP contribution in [0.5, 0.6) is 23.0 Å². The lowest BCUT2D eigenvalue weighted by atomic mass is 9.79. The van der Waals surface area contributed by atoms with Gasteiger partial charge in [-0.3, -0.25) is 9.80 Å². The summed E-state index contributed by atoms with van der Waals surface area (Å²) >= 11 is 0. The van der Waals surface area contributed by atoms with E-state index in [4.69, 9.17) is 29.2 Å². The van der Waals surface area contributed by atoms with Crippen LogP contribution in [0.25, 0.3) is 0 Å². The molecule has 2 fully saturated rings. The van der Waals surface area contributed by atoms with Gasteiger partial charge in [0.25, 0.3) is 0 Å². The highest BCUT2D eigenvalue weighted by atomic mass is 16.5. The van der Waals surface area contributed by atoms with Crippen molar-refractivity contribution in [1.29, 1.82) is 0 Å². The van der Waals surface area contributed by atoms with Crippen molar-refractivity contribution in [3.8, 4) is 23.0 Å². The van der Waals surface area contributed by atoms with Gasteiger partial charge in [0.2, 0.25) is 0 Å². The number of rotatable bonds is 9. The van der Waals surface area contributed by atoms with Gasteiger partial charge in [-0.2, -0.15) is 10.2 Å². The zero-order chi connectivity index (χ0) is 32.5. The smallest absolute Gasteiger partial charge is 0.161 e. The van der Waals surface area contributed by atoms with Gasteiger partial charge in [0, 0.05) is 74.4 Å². The minimum absolute atomic E-state index is 0.284. The van der Waals surface area contributed by atoms with Gasteiger partial charge in [-0.15, -0.1) is 0 Å². The number of hydrogen-bond acceptors (Lipinski definition) is 8. The first kappa shape index (κ1) is 32.8. The summed E-state index contributed by atoms with van der Waals surface area (Å²) in [5, 5.41) is 10.5. The summed E-state index contributed by atoms with van der Waals surface area (Å²) in [6, 6.07) is 9.34. The Labute approximate surface area is 276 Å². The van der Waals surface area contributed by atoms with E-state index < -0.39 is 0 Å². The van der Waals surface area contributed by atoms with Crippen LogP contribution in [0.15, 0.2) is 34.5 Å². The summed E-state index contributed by atoms with van der Waals surface area (Å²) in [6.45, 7) is 13.5. The molecule has 0 radical (unpaired) electrons. The Morgan fingerprint density at radius 3 is 1.33 bits per heavy atom. The number of ether oxygens (including phenoxy) is 4. The highest BCUT2D eigenvalue weighted by molar-refractivity contribution is 5.92. The standard InChI is InChI=1S/C38H54N4O4/c1-23(2)13-27-21-41-11-9-25-15-35(43-5)37(45-7)17-29(25)33(41)19-31(27)39-40-32-20-34-30-18-38(46-8)36(44-6)16-26(30)10-12-42(34)22-28(32)14-24(3)4/h15-18,23-24,27-28,33-34H,9-14,19-22H2,1-8H3. The van der Waals surface area contributed by atoms with Crippen molar-refractivity contribution in [1.82, 2.24) is 9.80 Å². The molecule has 0 bridgehead atoms. The summed E-state index contributed by atoms with van der Waals surface area (Å²) < 4.78 is 22.8. The number of nitrogens with zero attached hydrogens (tertiary/aromatic N) is 4. The van der Waals surface area contributed by atoms with Crippen LogP contribution in [0.1, 0.15) is 87.7 Å². The van der Waals surface area contributed by atoms with E-state index in [1.807, 2.05) is 0 Å². The SMILES string of the molecule is COc1cc2c(cc1OC)C1CC(=NN=C3CC4c5cc(OC)c(OC)cc5CCN4CC3CC(C)C)C(CC(C)C)CN1CC2. The first-order valence-electron chi connectivity index (χ1n) is 17.3. The lowest BCUT2D eigenvalue weighted by molar-refractivity contribution is 0.146. The fourth-order valence-electron chi connectivity index (χ4n) is 8.51. The van der Waals surface area contributed by atoms with Gasteiger partial charge in [-0.1, -0.05) is 27.7 Å². The fourth-order valence-corrected chi connectivity index (χ4v) is 8.51. The molecule has 0 spiro atoms. The van der Waals surface area contributed by atoms with Crippen molar-refractivity contribution < 1.29 is 18.9 Å². The second kappa shape index (κ2) is 13.9. The molecule has 4 aliphatic rings. The van der Waals surface area contributed by atoms with Crippen LogP contribution in [0.3, 0.4) is 0 Å². The number of hydrogen-bond donors (Lipinski definition) is 0. The van der Waals surface area contributed by atoms with E-state index in [1.165, 1.54) is 33.7 Å². The number of methoxy groups -OCH3 is 4. The second-order valence-corrected chi connectivity index (χ2v) is 14.6. The molecule has 46 heavy (non-hydrogen) atoms. The van der Waals surface area contributed by atoms with E-state index in [-0.39, 0.29) is 12.1 Å². The van der Waals surface area contributed by atoms with Gasteiger partial charge in [-0.25, -0.2) is 0 Å². The Bertz CT molecular complexity index is 1360. The fraction of sp³-hybridized carbons (Fsp3) is 0.632. The van der Waals surface area contributed by atoms with Crippen LogP contribution in [0, 0.1) is 23.7 Å². The molecule has 8 heteroatoms. The topological polar surface area (TPSA) is 68.1 Å². The van der Waals surface area contributed by atoms with Crippen molar-refractivity contribution in [3.05, 3.63) is 46.5 Å². The molecule has 8 nitrogen and oxygen atoms in total. The Balaban J connectivity index is 1.35. The van der Waals surface area contributed by atoms with Gasteiger partial charge in [0.05, 0.1) is 28.4 Å². The summed E-state index contributed by atoms with van der Waals surface area (Å²) in [4.78, 5) is 5.35. The molecule has 4 aliphatic heterocycles. The molecular weight excluding hydrogens is 576 g/mol. The van der Waals surface area contributed by atoms with Crippen molar-refractivity contribution in [2.45, 2.75) is 78.3 Å². The van der Waals surface area contributed by atoms with Crippen LogP contribution in [0.2, 0.25) is 0 Å². The zero-order valence-corrected chi connectivity index (χ0v) is 29.3. The number of piperidine rings is 2. The average molecular weight is 631 g/mol. The van der Waals surface area contributed by atoms with Crippen molar-refractivity contribution in [2.75, 3.05) is 54.6 Å². The summed E-state index contributed by atoms with van der Waals surface area (Å²) in [6.07, 6.45) is 6.13. The molecule has 2 aromatic rings. The monoisotopic (exact) mass is 630 g/mol. The summed E-state index contributed by atoms with van der Waals surface area (Å²) in [5.41, 5.74) is 7.93. The maximum absolute atomic E-state index is 5.73. The van der Waals surface area contributed by atoms with Crippen LogP contribution < -0.4 is 18.9 Å². The van der Waals surface area contributed by atoms with E-state index >= 15 is 0 Å². The van der Waals surface area contributed by atoms with Crippen LogP contribution in [0.4, 0.5) is 0 Å². The molecule has 0 saturated carbocycles. The van der Waals surface area contributed by atoms with Crippen LogP contribution in [-0.2, 0) is 12.8 Å². The molecule has 2 saturated heterocycles. The first-order valence-corrected chi connectivity index (χ1v) is 17.3. The molecule has 4 atom stereocenters. The highest BCUT2D eigenvalue weighted by Gasteiger charge is 2.40. The number of benzene rings is 2. The molecule has 6 rings (SSSR count). The van der Waals surface area contributed by atoms with Gasteiger partial charge < -0.3 is 18.9 Å². The normalized spacial score (nSPS) is 26.5. The lowest BCUT2D eigenvalue weighted by Gasteiger charge is -2.45. The molecule has 4 heterocycles. The summed E-state index contributed by atoms with van der Waals surface area (Å²) in [5.74, 6) is 5.26. The van der Waals surface area contributed by atoms with Crippen LogP contribution in [-0.4, -0.2) is 75.8 Å². The second-order valence-electron chi connectivity index (χ2n) is 14.6. The maximum atomic E-state index is 5.73. The predicted octanol–water partition coefficient (Wildman–Crippen LogP) is 7.15. The van der Waals surface area contributed by atoms with E-state index in [2.05, 4.69) is 61.8 Å². The predicted molar refractivity (Wildman–Crippen MR) is 185 cm³/mol. The molecule has 0 amide bonds. The molecule has 0 aromatic heterocycles. The van der Waals surface area contributed by atoms with Gasteiger partial charge in [-0.05, 0) is 84.0 Å². The van der Waals surface area contributed by atoms with Crippen LogP contribution >= 0.6 is 0 Å². The minimum atomic E-state index is 0.284.